The lowest BCUT2D eigenvalue weighted by atomic mass is 10.1. The predicted octanol–water partition coefficient (Wildman–Crippen LogP) is 1.13. The van der Waals surface area contributed by atoms with Gasteiger partial charge < -0.3 is 15.5 Å². The predicted molar refractivity (Wildman–Crippen MR) is 97.3 cm³/mol. The third-order valence-corrected chi connectivity index (χ3v) is 4.72. The monoisotopic (exact) mass is 346 g/mol. The first-order valence-electron chi connectivity index (χ1n) is 7.92. The average Bonchev–Trinajstić information content (AvgIpc) is 3.02. The van der Waals surface area contributed by atoms with Gasteiger partial charge in [-0.1, -0.05) is 18.2 Å². The molecule has 2 rings (SSSR count). The molecule has 3 N–H and O–H groups in total. The molecule has 5 nitrogen and oxygen atoms in total. The smallest absolute Gasteiger partial charge is 0.275 e. The van der Waals surface area contributed by atoms with Crippen LogP contribution in [0.15, 0.2) is 35.7 Å². The molecule has 0 bridgehead atoms. The normalized spacial score (nSPS) is 11.8. The van der Waals surface area contributed by atoms with Gasteiger partial charge in [-0.15, -0.1) is 11.3 Å². The van der Waals surface area contributed by atoms with Crippen molar-refractivity contribution in [1.29, 1.82) is 0 Å². The molecule has 0 spiro atoms. The molecule has 0 aliphatic carbocycles. The van der Waals surface area contributed by atoms with Gasteiger partial charge in [0.2, 0.25) is 5.91 Å². The molecule has 1 aromatic heterocycles. The maximum atomic E-state index is 12.0. The van der Waals surface area contributed by atoms with Crippen LogP contribution in [0.3, 0.4) is 0 Å². The van der Waals surface area contributed by atoms with Crippen molar-refractivity contribution in [3.8, 4) is 0 Å². The molecule has 0 fully saturated rings. The summed E-state index contributed by atoms with van der Waals surface area (Å²) in [5, 5.41) is 7.54. The van der Waals surface area contributed by atoms with Gasteiger partial charge in [0, 0.05) is 5.69 Å². The van der Waals surface area contributed by atoms with E-state index in [-0.39, 0.29) is 18.4 Å². The molecular weight excluding hydrogens is 322 g/mol. The number of carbonyl (C=O) groups is 2. The maximum Gasteiger partial charge on any atom is 0.275 e. The number of nitrogens with one attached hydrogen (secondary N) is 3. The van der Waals surface area contributed by atoms with Gasteiger partial charge in [0.1, 0.15) is 6.54 Å². The molecule has 0 saturated carbocycles. The number of thiophene rings is 1. The molecule has 0 radical (unpaired) electrons. The summed E-state index contributed by atoms with van der Waals surface area (Å²) in [5.41, 5.74) is 2.95. The lowest BCUT2D eigenvalue weighted by Gasteiger charge is -2.13. The lowest BCUT2D eigenvalue weighted by molar-refractivity contribution is -0.885. The maximum absolute atomic E-state index is 12.0. The fourth-order valence-electron chi connectivity index (χ4n) is 2.37. The van der Waals surface area contributed by atoms with Crippen molar-refractivity contribution in [3.63, 3.8) is 0 Å². The highest BCUT2D eigenvalue weighted by molar-refractivity contribution is 7.09. The minimum absolute atomic E-state index is 0.0154. The second kappa shape index (κ2) is 8.61. The van der Waals surface area contributed by atoms with Crippen LogP contribution in [0.4, 0.5) is 5.69 Å². The summed E-state index contributed by atoms with van der Waals surface area (Å²) in [6.45, 7) is 5.10. The van der Waals surface area contributed by atoms with E-state index in [4.69, 9.17) is 0 Å². The Kier molecular flexibility index (Phi) is 6.52. The van der Waals surface area contributed by atoms with Crippen LogP contribution in [-0.4, -0.2) is 32.0 Å². The van der Waals surface area contributed by atoms with Crippen LogP contribution in [0, 0.1) is 13.8 Å². The lowest BCUT2D eigenvalue weighted by Crippen LogP contribution is -3.08. The van der Waals surface area contributed by atoms with E-state index in [9.17, 15) is 9.59 Å². The minimum Gasteiger partial charge on any atom is -0.342 e. The number of hydrogen-bond donors (Lipinski definition) is 3. The molecule has 2 aromatic rings. The number of anilines is 1. The Balaban J connectivity index is 1.74. The van der Waals surface area contributed by atoms with Gasteiger partial charge in [-0.3, -0.25) is 9.59 Å². The van der Waals surface area contributed by atoms with E-state index in [0.29, 0.717) is 6.54 Å². The van der Waals surface area contributed by atoms with Crippen molar-refractivity contribution in [2.45, 2.75) is 20.4 Å². The quantitative estimate of drug-likeness (QED) is 0.704. The van der Waals surface area contributed by atoms with Gasteiger partial charge in [-0.05, 0) is 42.5 Å². The Bertz CT molecular complexity index is 698. The third-order valence-electron chi connectivity index (χ3n) is 3.84. The molecule has 1 aromatic carbocycles. The highest BCUT2D eigenvalue weighted by atomic mass is 32.1. The number of amides is 2. The van der Waals surface area contributed by atoms with Gasteiger partial charge in [-0.25, -0.2) is 0 Å². The summed E-state index contributed by atoms with van der Waals surface area (Å²) in [5.74, 6) is -0.340. The van der Waals surface area contributed by atoms with E-state index in [1.807, 2.05) is 50.5 Å². The minimum atomic E-state index is -0.215. The SMILES string of the molecule is Cc1cccc(NC(=O)CNC(=O)C[NH+](C)Cc2cccs2)c1C. The Morgan fingerprint density at radius 3 is 2.62 bits per heavy atom. The molecule has 0 aliphatic rings. The molecule has 6 heteroatoms. The molecule has 24 heavy (non-hydrogen) atoms. The molecular formula is C18H24N3O2S+. The van der Waals surface area contributed by atoms with E-state index in [1.54, 1.807) is 11.3 Å². The number of likely N-dealkylation sites (N-methyl/N-ethyl adjacent to an activating group) is 1. The summed E-state index contributed by atoms with van der Waals surface area (Å²) >= 11 is 1.68. The first-order chi connectivity index (χ1) is 11.5. The van der Waals surface area contributed by atoms with Crippen molar-refractivity contribution in [2.24, 2.45) is 0 Å². The zero-order valence-electron chi connectivity index (χ0n) is 14.3. The average molecular weight is 346 g/mol. The highest BCUT2D eigenvalue weighted by Gasteiger charge is 2.13. The molecule has 0 saturated heterocycles. The van der Waals surface area contributed by atoms with Crippen molar-refractivity contribution < 1.29 is 14.5 Å². The standard InChI is InChI=1S/C18H23N3O2S/c1-13-6-4-8-16(14(13)2)20-17(22)10-19-18(23)12-21(3)11-15-7-5-9-24-15/h4-9H,10-12H2,1-3H3,(H,19,23)(H,20,22)/p+1. The van der Waals surface area contributed by atoms with Crippen molar-refractivity contribution in [3.05, 3.63) is 51.7 Å². The zero-order chi connectivity index (χ0) is 17.5. The number of rotatable bonds is 7. The third kappa shape index (κ3) is 5.47. The summed E-state index contributed by atoms with van der Waals surface area (Å²) < 4.78 is 0. The Morgan fingerprint density at radius 1 is 1.12 bits per heavy atom. The molecule has 1 heterocycles. The molecule has 2 amide bonds. The van der Waals surface area contributed by atoms with Crippen LogP contribution >= 0.6 is 11.3 Å². The zero-order valence-corrected chi connectivity index (χ0v) is 15.1. The van der Waals surface area contributed by atoms with Gasteiger partial charge in [0.25, 0.3) is 5.91 Å². The van der Waals surface area contributed by atoms with Crippen LogP contribution in [0.1, 0.15) is 16.0 Å². The molecule has 1 atom stereocenters. The summed E-state index contributed by atoms with van der Waals surface area (Å²) in [6.07, 6.45) is 0. The Hall–Kier alpha value is -2.18. The van der Waals surface area contributed by atoms with Crippen LogP contribution in [-0.2, 0) is 16.1 Å². The first kappa shape index (κ1) is 18.2. The number of aryl methyl sites for hydroxylation is 1. The second-order valence-electron chi connectivity index (χ2n) is 5.96. The van der Waals surface area contributed by atoms with Crippen LogP contribution < -0.4 is 15.5 Å². The fourth-order valence-corrected chi connectivity index (χ4v) is 3.19. The van der Waals surface area contributed by atoms with Crippen molar-refractivity contribution in [1.82, 2.24) is 5.32 Å². The van der Waals surface area contributed by atoms with Gasteiger partial charge in [-0.2, -0.15) is 0 Å². The number of carbonyl (C=O) groups excluding carboxylic acids is 2. The summed E-state index contributed by atoms with van der Waals surface area (Å²) in [6, 6.07) is 9.83. The summed E-state index contributed by atoms with van der Waals surface area (Å²) in [7, 11) is 1.97. The Labute approximate surface area is 146 Å². The molecule has 1 unspecified atom stereocenters. The van der Waals surface area contributed by atoms with Gasteiger partial charge >= 0.3 is 0 Å². The molecule has 128 valence electrons. The number of benzene rings is 1. The van der Waals surface area contributed by atoms with Crippen molar-refractivity contribution >= 4 is 28.8 Å². The topological polar surface area (TPSA) is 62.6 Å². The van der Waals surface area contributed by atoms with Crippen molar-refractivity contribution in [2.75, 3.05) is 25.5 Å². The van der Waals surface area contributed by atoms with E-state index in [2.05, 4.69) is 16.7 Å². The largest absolute Gasteiger partial charge is 0.342 e. The van der Waals surface area contributed by atoms with Gasteiger partial charge in [0.05, 0.1) is 18.5 Å². The van der Waals surface area contributed by atoms with E-state index in [1.165, 1.54) is 4.88 Å². The van der Waals surface area contributed by atoms with E-state index < -0.39 is 0 Å². The number of quaternary nitrogens is 1. The Morgan fingerprint density at radius 2 is 1.92 bits per heavy atom. The molecule has 0 aliphatic heterocycles. The van der Waals surface area contributed by atoms with Crippen LogP contribution in [0.2, 0.25) is 0 Å². The van der Waals surface area contributed by atoms with Crippen LogP contribution in [0.5, 0.6) is 0 Å². The van der Waals surface area contributed by atoms with E-state index in [0.717, 1.165) is 28.3 Å². The van der Waals surface area contributed by atoms with Gasteiger partial charge in [0.15, 0.2) is 6.54 Å². The summed E-state index contributed by atoms with van der Waals surface area (Å²) in [4.78, 5) is 26.3. The number of hydrogen-bond acceptors (Lipinski definition) is 3. The first-order valence-corrected chi connectivity index (χ1v) is 8.80. The highest BCUT2D eigenvalue weighted by Crippen LogP contribution is 2.17. The fraction of sp³-hybridized carbons (Fsp3) is 0.333. The van der Waals surface area contributed by atoms with Crippen LogP contribution in [0.25, 0.3) is 0 Å². The van der Waals surface area contributed by atoms with E-state index >= 15 is 0 Å². The second-order valence-corrected chi connectivity index (χ2v) is 6.99.